The highest BCUT2D eigenvalue weighted by Crippen LogP contribution is 2.37. The molecule has 0 unspecified atom stereocenters. The Bertz CT molecular complexity index is 969. The molecular formula is C23H26ClNO4. The number of hydrogen-bond donors (Lipinski definition) is 2. The van der Waals surface area contributed by atoms with E-state index in [2.05, 4.69) is 22.9 Å². The summed E-state index contributed by atoms with van der Waals surface area (Å²) in [4.78, 5) is 0. The summed E-state index contributed by atoms with van der Waals surface area (Å²) in [5, 5.41) is 21.4. The van der Waals surface area contributed by atoms with Crippen LogP contribution in [0.25, 0.3) is 10.9 Å². The number of aliphatic hydroxyl groups excluding tert-OH is 2. The van der Waals surface area contributed by atoms with Crippen LogP contribution in [0.1, 0.15) is 37.0 Å². The molecule has 1 aliphatic heterocycles. The van der Waals surface area contributed by atoms with Crippen LogP contribution in [-0.4, -0.2) is 40.2 Å². The summed E-state index contributed by atoms with van der Waals surface area (Å²) in [5.41, 5.74) is 3.21. The fourth-order valence-corrected chi connectivity index (χ4v) is 4.22. The van der Waals surface area contributed by atoms with Gasteiger partial charge in [-0.2, -0.15) is 0 Å². The molecule has 6 heteroatoms. The average Bonchev–Trinajstić information content (AvgIpc) is 3.06. The lowest BCUT2D eigenvalue weighted by Gasteiger charge is -2.32. The SMILES string of the molecule is CCOc1ccc(Cn2cc([C@H]3C[C@@H](O)C[C@@H](CO)O3)c3cc(Cl)ccc32)cc1. The van der Waals surface area contributed by atoms with Gasteiger partial charge in [0.05, 0.1) is 31.5 Å². The summed E-state index contributed by atoms with van der Waals surface area (Å²) in [6, 6.07) is 13.9. The maximum atomic E-state index is 10.2. The Balaban J connectivity index is 1.68. The molecule has 3 atom stereocenters. The zero-order valence-corrected chi connectivity index (χ0v) is 17.2. The zero-order valence-electron chi connectivity index (χ0n) is 16.4. The predicted octanol–water partition coefficient (Wildman–Crippen LogP) is 4.32. The van der Waals surface area contributed by atoms with Crippen molar-refractivity contribution in [1.82, 2.24) is 4.57 Å². The lowest BCUT2D eigenvalue weighted by Crippen LogP contribution is -2.33. The van der Waals surface area contributed by atoms with E-state index >= 15 is 0 Å². The Hall–Kier alpha value is -2.05. The second kappa shape index (κ2) is 8.76. The molecule has 3 aromatic rings. The van der Waals surface area contributed by atoms with Gasteiger partial charge in [0.25, 0.3) is 0 Å². The van der Waals surface area contributed by atoms with Gasteiger partial charge >= 0.3 is 0 Å². The highest BCUT2D eigenvalue weighted by molar-refractivity contribution is 6.31. The molecule has 0 saturated carbocycles. The summed E-state index contributed by atoms with van der Waals surface area (Å²) >= 11 is 6.28. The summed E-state index contributed by atoms with van der Waals surface area (Å²) in [5.74, 6) is 0.862. The minimum absolute atomic E-state index is 0.0981. The maximum Gasteiger partial charge on any atom is 0.119 e. The van der Waals surface area contributed by atoms with Crippen molar-refractivity contribution in [1.29, 1.82) is 0 Å². The van der Waals surface area contributed by atoms with E-state index in [1.54, 1.807) is 0 Å². The molecule has 154 valence electrons. The number of benzene rings is 2. The van der Waals surface area contributed by atoms with Crippen molar-refractivity contribution in [2.45, 2.75) is 44.6 Å². The van der Waals surface area contributed by atoms with Crippen LogP contribution in [0.5, 0.6) is 5.75 Å². The smallest absolute Gasteiger partial charge is 0.119 e. The van der Waals surface area contributed by atoms with Crippen LogP contribution in [0, 0.1) is 0 Å². The van der Waals surface area contributed by atoms with Crippen LogP contribution in [-0.2, 0) is 11.3 Å². The summed E-state index contributed by atoms with van der Waals surface area (Å²) < 4.78 is 13.8. The van der Waals surface area contributed by atoms with Gasteiger partial charge in [0, 0.05) is 47.1 Å². The van der Waals surface area contributed by atoms with Gasteiger partial charge in [-0.3, -0.25) is 0 Å². The van der Waals surface area contributed by atoms with Gasteiger partial charge in [-0.05, 0) is 42.8 Å². The first kappa shape index (κ1) is 20.2. The van der Waals surface area contributed by atoms with Gasteiger partial charge in [0.2, 0.25) is 0 Å². The summed E-state index contributed by atoms with van der Waals surface area (Å²) in [6.07, 6.45) is 1.92. The lowest BCUT2D eigenvalue weighted by molar-refractivity contribution is -0.113. The molecule has 1 saturated heterocycles. The molecule has 0 bridgehead atoms. The first-order chi connectivity index (χ1) is 14.1. The molecule has 2 heterocycles. The van der Waals surface area contributed by atoms with Crippen molar-refractivity contribution < 1.29 is 19.7 Å². The van der Waals surface area contributed by atoms with Crippen molar-refractivity contribution in [3.05, 3.63) is 64.8 Å². The number of aromatic nitrogens is 1. The number of rotatable bonds is 6. The minimum atomic E-state index is -0.491. The highest BCUT2D eigenvalue weighted by atomic mass is 35.5. The maximum absolute atomic E-state index is 10.2. The molecule has 0 amide bonds. The Morgan fingerprint density at radius 3 is 2.69 bits per heavy atom. The number of ether oxygens (including phenoxy) is 2. The third-order valence-electron chi connectivity index (χ3n) is 5.39. The highest BCUT2D eigenvalue weighted by Gasteiger charge is 2.31. The minimum Gasteiger partial charge on any atom is -0.494 e. The van der Waals surface area contributed by atoms with Crippen LogP contribution < -0.4 is 4.74 Å². The van der Waals surface area contributed by atoms with Crippen molar-refractivity contribution in [2.24, 2.45) is 0 Å². The van der Waals surface area contributed by atoms with Crippen LogP contribution >= 0.6 is 11.6 Å². The van der Waals surface area contributed by atoms with E-state index in [0.29, 0.717) is 31.0 Å². The van der Waals surface area contributed by atoms with Crippen molar-refractivity contribution >= 4 is 22.5 Å². The van der Waals surface area contributed by atoms with Gasteiger partial charge < -0.3 is 24.3 Å². The summed E-state index contributed by atoms with van der Waals surface area (Å²) in [7, 11) is 0. The van der Waals surface area contributed by atoms with Gasteiger partial charge in [0.1, 0.15) is 5.75 Å². The third-order valence-corrected chi connectivity index (χ3v) is 5.62. The van der Waals surface area contributed by atoms with E-state index in [1.165, 1.54) is 0 Å². The average molecular weight is 416 g/mol. The van der Waals surface area contributed by atoms with Gasteiger partial charge in [0.15, 0.2) is 0 Å². The lowest BCUT2D eigenvalue weighted by atomic mass is 9.96. The van der Waals surface area contributed by atoms with Gasteiger partial charge in [-0.1, -0.05) is 23.7 Å². The monoisotopic (exact) mass is 415 g/mol. The Morgan fingerprint density at radius 1 is 1.17 bits per heavy atom. The molecule has 1 fully saturated rings. The predicted molar refractivity (Wildman–Crippen MR) is 114 cm³/mol. The van der Waals surface area contributed by atoms with Crippen LogP contribution in [0.2, 0.25) is 5.02 Å². The van der Waals surface area contributed by atoms with E-state index in [0.717, 1.165) is 27.8 Å². The third kappa shape index (κ3) is 4.43. The normalized spacial score (nSPS) is 22.1. The van der Waals surface area contributed by atoms with Crippen LogP contribution in [0.3, 0.4) is 0 Å². The zero-order chi connectivity index (χ0) is 20.4. The van der Waals surface area contributed by atoms with Crippen molar-refractivity contribution in [2.75, 3.05) is 13.2 Å². The molecule has 2 N–H and O–H groups in total. The fraction of sp³-hybridized carbons (Fsp3) is 0.391. The van der Waals surface area contributed by atoms with E-state index < -0.39 is 6.10 Å². The molecule has 5 nitrogen and oxygen atoms in total. The standard InChI is InChI=1S/C23H26ClNO4/c1-2-28-18-6-3-15(4-7-18)12-25-13-21(20-9-16(24)5-8-22(20)25)23-11-17(27)10-19(14-26)29-23/h3-9,13,17,19,23,26-27H,2,10-12,14H2,1H3/t17-,19-,23+/m0/s1. The topological polar surface area (TPSA) is 63.9 Å². The molecule has 0 radical (unpaired) electrons. The van der Waals surface area contributed by atoms with Crippen LogP contribution in [0.4, 0.5) is 0 Å². The number of aliphatic hydroxyl groups is 2. The molecule has 2 aromatic carbocycles. The molecule has 1 aliphatic rings. The molecule has 1 aromatic heterocycles. The molecule has 4 rings (SSSR count). The number of fused-ring (bicyclic) bond motifs is 1. The fourth-order valence-electron chi connectivity index (χ4n) is 4.05. The molecule has 29 heavy (non-hydrogen) atoms. The van der Waals surface area contributed by atoms with Crippen molar-refractivity contribution in [3.63, 3.8) is 0 Å². The van der Waals surface area contributed by atoms with Gasteiger partial charge in [-0.25, -0.2) is 0 Å². The second-order valence-electron chi connectivity index (χ2n) is 7.51. The molecule has 0 spiro atoms. The largest absolute Gasteiger partial charge is 0.494 e. The van der Waals surface area contributed by atoms with E-state index in [1.807, 2.05) is 37.3 Å². The van der Waals surface area contributed by atoms with E-state index in [9.17, 15) is 10.2 Å². The van der Waals surface area contributed by atoms with Gasteiger partial charge in [-0.15, -0.1) is 0 Å². The van der Waals surface area contributed by atoms with Crippen LogP contribution in [0.15, 0.2) is 48.7 Å². The number of nitrogens with zero attached hydrogens (tertiary/aromatic N) is 1. The molecular weight excluding hydrogens is 390 g/mol. The number of hydrogen-bond acceptors (Lipinski definition) is 4. The second-order valence-corrected chi connectivity index (χ2v) is 7.94. The number of halogens is 1. The Morgan fingerprint density at radius 2 is 1.97 bits per heavy atom. The van der Waals surface area contributed by atoms with E-state index in [-0.39, 0.29) is 18.8 Å². The Labute approximate surface area is 175 Å². The molecule has 0 aliphatic carbocycles. The summed E-state index contributed by atoms with van der Waals surface area (Å²) in [6.45, 7) is 3.22. The quantitative estimate of drug-likeness (QED) is 0.629. The first-order valence-corrected chi connectivity index (χ1v) is 10.4. The Kier molecular flexibility index (Phi) is 6.11. The van der Waals surface area contributed by atoms with E-state index in [4.69, 9.17) is 21.1 Å². The first-order valence-electron chi connectivity index (χ1n) is 10.0. The van der Waals surface area contributed by atoms with Crippen molar-refractivity contribution in [3.8, 4) is 5.75 Å².